The fourth-order valence-corrected chi connectivity index (χ4v) is 4.83. The molecule has 1 amide bonds. The van der Waals surface area contributed by atoms with Crippen LogP contribution in [0.3, 0.4) is 0 Å². The number of carbonyl (C=O) groups excluding carboxylic acids is 1. The monoisotopic (exact) mass is 408 g/mol. The molecule has 2 aliphatic rings. The van der Waals surface area contributed by atoms with Crippen LogP contribution in [0.4, 0.5) is 18.9 Å². The molecule has 1 atom stereocenters. The summed E-state index contributed by atoms with van der Waals surface area (Å²) in [5.74, 6) is -2.12. The molecule has 27 heavy (non-hydrogen) atoms. The number of amides is 1. The summed E-state index contributed by atoms with van der Waals surface area (Å²) < 4.78 is 75.1. The Morgan fingerprint density at radius 2 is 1.74 bits per heavy atom. The Kier molecular flexibility index (Phi) is 5.75. The van der Waals surface area contributed by atoms with E-state index in [0.29, 0.717) is 32.6 Å². The summed E-state index contributed by atoms with van der Waals surface area (Å²) in [6.45, 7) is 1.12. The molecule has 1 aromatic carbocycles. The molecular weight excluding hydrogens is 389 g/mol. The number of piperidine rings is 1. The lowest BCUT2D eigenvalue weighted by Gasteiger charge is -2.36. The Morgan fingerprint density at radius 3 is 2.33 bits per heavy atom. The number of nitrogens with one attached hydrogen (secondary N) is 1. The van der Waals surface area contributed by atoms with Crippen molar-refractivity contribution in [2.24, 2.45) is 0 Å². The molecule has 2 fully saturated rings. The highest BCUT2D eigenvalue weighted by Gasteiger charge is 2.41. The van der Waals surface area contributed by atoms with Crippen molar-refractivity contribution in [3.8, 4) is 0 Å². The molecule has 2 aliphatic heterocycles. The summed E-state index contributed by atoms with van der Waals surface area (Å²) in [6, 6.07) is 4.14. The van der Waals surface area contributed by atoms with Crippen molar-refractivity contribution in [1.82, 2.24) is 4.31 Å². The first-order valence-corrected chi connectivity index (χ1v) is 9.87. The van der Waals surface area contributed by atoms with Crippen molar-refractivity contribution in [3.63, 3.8) is 0 Å². The predicted octanol–water partition coefficient (Wildman–Crippen LogP) is 2.10. The van der Waals surface area contributed by atoms with Gasteiger partial charge in [0.1, 0.15) is 0 Å². The largest absolute Gasteiger partial charge is 0.471 e. The lowest BCUT2D eigenvalue weighted by Crippen LogP contribution is -2.50. The standard InChI is InChI=1S/C16H19F3N2O5S/c17-16(18,19)15(22)20-11-4-6-12(7-5-11)27(23,24)21-8-2-1-3-13(21)14-25-9-10-26-14/h4-7,13-14H,1-3,8-10H2,(H,20,22). The molecule has 1 unspecified atom stereocenters. The number of carbonyl (C=O) groups is 1. The fraction of sp³-hybridized carbons (Fsp3) is 0.562. The average Bonchev–Trinajstić information content (AvgIpc) is 3.16. The number of nitrogens with zero attached hydrogens (tertiary/aromatic N) is 1. The van der Waals surface area contributed by atoms with E-state index in [2.05, 4.69) is 0 Å². The van der Waals surface area contributed by atoms with Crippen LogP contribution in [0.25, 0.3) is 0 Å². The molecule has 7 nitrogen and oxygen atoms in total. The summed E-state index contributed by atoms with van der Waals surface area (Å²) in [4.78, 5) is 10.9. The molecule has 1 N–H and O–H groups in total. The van der Waals surface area contributed by atoms with Gasteiger partial charge in [-0.3, -0.25) is 4.79 Å². The molecule has 0 spiro atoms. The topological polar surface area (TPSA) is 84.9 Å². The number of anilines is 1. The van der Waals surface area contributed by atoms with Gasteiger partial charge in [-0.25, -0.2) is 8.42 Å². The maximum Gasteiger partial charge on any atom is 0.471 e. The second kappa shape index (κ2) is 7.74. The molecule has 2 heterocycles. The van der Waals surface area contributed by atoms with Crippen LogP contribution in [-0.2, 0) is 24.3 Å². The van der Waals surface area contributed by atoms with Gasteiger partial charge in [-0.05, 0) is 37.1 Å². The summed E-state index contributed by atoms with van der Waals surface area (Å²) in [7, 11) is -3.88. The van der Waals surface area contributed by atoms with E-state index in [-0.39, 0.29) is 10.6 Å². The van der Waals surface area contributed by atoms with Gasteiger partial charge in [-0.2, -0.15) is 17.5 Å². The Hall–Kier alpha value is -1.69. The number of alkyl halides is 3. The minimum absolute atomic E-state index is 0.0718. The normalized spacial score (nSPS) is 22.7. The van der Waals surface area contributed by atoms with Crippen LogP contribution in [0.15, 0.2) is 29.2 Å². The summed E-state index contributed by atoms with van der Waals surface area (Å²) in [5.41, 5.74) is -0.145. The van der Waals surface area contributed by atoms with Crippen molar-refractivity contribution in [3.05, 3.63) is 24.3 Å². The van der Waals surface area contributed by atoms with Crippen molar-refractivity contribution < 1.29 is 35.9 Å². The van der Waals surface area contributed by atoms with Crippen LogP contribution in [0.2, 0.25) is 0 Å². The zero-order chi connectivity index (χ0) is 19.7. The van der Waals surface area contributed by atoms with E-state index in [1.165, 1.54) is 16.4 Å². The number of sulfonamides is 1. The van der Waals surface area contributed by atoms with Crippen molar-refractivity contribution in [1.29, 1.82) is 0 Å². The van der Waals surface area contributed by atoms with Crippen LogP contribution in [0.5, 0.6) is 0 Å². The van der Waals surface area contributed by atoms with E-state index in [0.717, 1.165) is 18.6 Å². The fourth-order valence-electron chi connectivity index (χ4n) is 3.15. The Labute approximate surface area is 154 Å². The van der Waals surface area contributed by atoms with Crippen LogP contribution < -0.4 is 5.32 Å². The van der Waals surface area contributed by atoms with Crippen LogP contribution in [0, 0.1) is 0 Å². The van der Waals surface area contributed by atoms with E-state index in [1.54, 1.807) is 5.32 Å². The van der Waals surface area contributed by atoms with Gasteiger partial charge in [0.05, 0.1) is 24.2 Å². The number of halogens is 3. The highest BCUT2D eigenvalue weighted by molar-refractivity contribution is 7.89. The van der Waals surface area contributed by atoms with E-state index in [1.807, 2.05) is 0 Å². The molecule has 0 aliphatic carbocycles. The second-order valence-electron chi connectivity index (χ2n) is 6.27. The minimum atomic E-state index is -5.02. The lowest BCUT2D eigenvalue weighted by atomic mass is 10.0. The zero-order valence-corrected chi connectivity index (χ0v) is 15.1. The molecule has 2 saturated heterocycles. The smallest absolute Gasteiger partial charge is 0.349 e. The first kappa shape index (κ1) is 20.1. The summed E-state index contributed by atoms with van der Waals surface area (Å²) >= 11 is 0. The van der Waals surface area contributed by atoms with Gasteiger partial charge in [-0.1, -0.05) is 6.42 Å². The van der Waals surface area contributed by atoms with E-state index in [4.69, 9.17) is 9.47 Å². The maximum atomic E-state index is 13.0. The van der Waals surface area contributed by atoms with Gasteiger partial charge in [0.15, 0.2) is 6.29 Å². The Bertz CT molecular complexity index is 776. The highest BCUT2D eigenvalue weighted by atomic mass is 32.2. The quantitative estimate of drug-likeness (QED) is 0.825. The third-order valence-electron chi connectivity index (χ3n) is 4.44. The maximum absolute atomic E-state index is 13.0. The number of ether oxygens (including phenoxy) is 2. The molecule has 3 rings (SSSR count). The second-order valence-corrected chi connectivity index (χ2v) is 8.16. The number of rotatable bonds is 4. The number of hydrogen-bond donors (Lipinski definition) is 1. The average molecular weight is 408 g/mol. The Balaban J connectivity index is 1.78. The summed E-state index contributed by atoms with van der Waals surface area (Å²) in [5, 5.41) is 1.68. The Morgan fingerprint density at radius 1 is 1.11 bits per heavy atom. The minimum Gasteiger partial charge on any atom is -0.349 e. The SMILES string of the molecule is O=C(Nc1ccc(S(=O)(=O)N2CCCCC2C2OCCO2)cc1)C(F)(F)F. The molecule has 0 aromatic heterocycles. The molecule has 150 valence electrons. The van der Waals surface area contributed by atoms with E-state index in [9.17, 15) is 26.4 Å². The van der Waals surface area contributed by atoms with Crippen molar-refractivity contribution in [2.45, 2.75) is 42.7 Å². The van der Waals surface area contributed by atoms with Gasteiger partial charge in [-0.15, -0.1) is 0 Å². The number of hydrogen-bond acceptors (Lipinski definition) is 5. The molecule has 1 aromatic rings. The molecule has 0 bridgehead atoms. The zero-order valence-electron chi connectivity index (χ0n) is 14.2. The highest BCUT2D eigenvalue weighted by Crippen LogP contribution is 2.30. The lowest BCUT2D eigenvalue weighted by molar-refractivity contribution is -0.167. The molecule has 11 heteroatoms. The van der Waals surface area contributed by atoms with Crippen LogP contribution in [0.1, 0.15) is 19.3 Å². The van der Waals surface area contributed by atoms with Crippen LogP contribution in [-0.4, -0.2) is 56.9 Å². The summed E-state index contributed by atoms with van der Waals surface area (Å²) in [6.07, 6.45) is -3.49. The third kappa shape index (κ3) is 4.42. The van der Waals surface area contributed by atoms with Crippen molar-refractivity contribution in [2.75, 3.05) is 25.1 Å². The first-order chi connectivity index (χ1) is 12.7. The van der Waals surface area contributed by atoms with Crippen molar-refractivity contribution >= 4 is 21.6 Å². The first-order valence-electron chi connectivity index (χ1n) is 8.43. The van der Waals surface area contributed by atoms with Crippen LogP contribution >= 0.6 is 0 Å². The molecule has 0 saturated carbocycles. The third-order valence-corrected chi connectivity index (χ3v) is 6.37. The molecular formula is C16H19F3N2O5S. The van der Waals surface area contributed by atoms with Gasteiger partial charge in [0, 0.05) is 12.2 Å². The van der Waals surface area contributed by atoms with Gasteiger partial charge >= 0.3 is 12.1 Å². The number of benzene rings is 1. The van der Waals surface area contributed by atoms with Gasteiger partial charge < -0.3 is 14.8 Å². The molecule has 0 radical (unpaired) electrons. The predicted molar refractivity (Wildman–Crippen MR) is 88.3 cm³/mol. The van der Waals surface area contributed by atoms with E-state index >= 15 is 0 Å². The van der Waals surface area contributed by atoms with Gasteiger partial charge in [0.2, 0.25) is 10.0 Å². The van der Waals surface area contributed by atoms with Gasteiger partial charge in [0.25, 0.3) is 0 Å². The van der Waals surface area contributed by atoms with E-state index < -0.39 is 34.4 Å².